The van der Waals surface area contributed by atoms with E-state index in [9.17, 15) is 9.90 Å². The largest absolute Gasteiger partial charge is 0.390 e. The lowest BCUT2D eigenvalue weighted by Gasteiger charge is -2.36. The van der Waals surface area contributed by atoms with Crippen molar-refractivity contribution in [2.45, 2.75) is 36.9 Å². The van der Waals surface area contributed by atoms with Crippen LogP contribution in [0.3, 0.4) is 0 Å². The van der Waals surface area contributed by atoms with E-state index in [4.69, 9.17) is 4.74 Å². The van der Waals surface area contributed by atoms with Crippen molar-refractivity contribution in [3.63, 3.8) is 0 Å². The number of hydrogen-bond donors (Lipinski definition) is 3. The lowest BCUT2D eigenvalue weighted by Crippen LogP contribution is -2.45. The number of amides is 1. The molecular formula is C22H27N5O3. The molecule has 1 atom stereocenters. The predicted molar refractivity (Wildman–Crippen MR) is 111 cm³/mol. The van der Waals surface area contributed by atoms with Gasteiger partial charge in [-0.2, -0.15) is 0 Å². The highest BCUT2D eigenvalue weighted by Crippen LogP contribution is 2.52. The highest BCUT2D eigenvalue weighted by Gasteiger charge is 2.48. The summed E-state index contributed by atoms with van der Waals surface area (Å²) in [5.41, 5.74) is 3.39. The first-order valence-corrected chi connectivity index (χ1v) is 10.5. The van der Waals surface area contributed by atoms with Gasteiger partial charge in [-0.15, -0.1) is 0 Å². The van der Waals surface area contributed by atoms with Gasteiger partial charge in [0.25, 0.3) is 5.91 Å². The zero-order chi connectivity index (χ0) is 20.6. The predicted octanol–water partition coefficient (Wildman–Crippen LogP) is 0.925. The van der Waals surface area contributed by atoms with Crippen molar-refractivity contribution in [2.75, 3.05) is 38.2 Å². The lowest BCUT2D eigenvalue weighted by atomic mass is 9.87. The smallest absolute Gasteiger partial charge is 0.270 e. The van der Waals surface area contributed by atoms with Gasteiger partial charge in [0.05, 0.1) is 25.4 Å². The molecule has 3 heterocycles. The number of anilines is 1. The van der Waals surface area contributed by atoms with Gasteiger partial charge in [-0.25, -0.2) is 9.97 Å². The van der Waals surface area contributed by atoms with E-state index in [-0.39, 0.29) is 29.6 Å². The minimum absolute atomic E-state index is 0.188. The number of hydrogen-bond acceptors (Lipinski definition) is 7. The Morgan fingerprint density at radius 1 is 1.30 bits per heavy atom. The van der Waals surface area contributed by atoms with E-state index in [0.717, 1.165) is 13.1 Å². The first-order chi connectivity index (χ1) is 14.6. The molecule has 158 valence electrons. The molecule has 1 spiro atoms. The molecule has 8 nitrogen and oxygen atoms in total. The van der Waals surface area contributed by atoms with Crippen LogP contribution >= 0.6 is 0 Å². The Morgan fingerprint density at radius 2 is 2.13 bits per heavy atom. The van der Waals surface area contributed by atoms with Crippen LogP contribution in [0.4, 0.5) is 5.82 Å². The summed E-state index contributed by atoms with van der Waals surface area (Å²) in [7, 11) is 0. The van der Waals surface area contributed by atoms with Crippen LogP contribution in [-0.4, -0.2) is 70.9 Å². The number of β-amino-alcohol motifs (C(OH)–C–C–N with tert-alkyl or cyclic N) is 1. The fourth-order valence-electron chi connectivity index (χ4n) is 4.45. The van der Waals surface area contributed by atoms with Crippen molar-refractivity contribution in [2.24, 2.45) is 0 Å². The van der Waals surface area contributed by atoms with E-state index in [2.05, 4.69) is 49.8 Å². The van der Waals surface area contributed by atoms with Crippen LogP contribution in [0.5, 0.6) is 0 Å². The fourth-order valence-corrected chi connectivity index (χ4v) is 4.45. The van der Waals surface area contributed by atoms with Crippen molar-refractivity contribution in [1.82, 2.24) is 20.2 Å². The molecule has 1 aromatic carbocycles. The van der Waals surface area contributed by atoms with E-state index < -0.39 is 6.10 Å². The van der Waals surface area contributed by atoms with Crippen LogP contribution in [-0.2, 0) is 16.7 Å². The molecule has 1 aromatic heterocycles. The number of nitrogens with zero attached hydrogens (tertiary/aromatic N) is 3. The topological polar surface area (TPSA) is 99.6 Å². The Balaban J connectivity index is 1.14. The highest BCUT2D eigenvalue weighted by atomic mass is 16.5. The van der Waals surface area contributed by atoms with Gasteiger partial charge >= 0.3 is 0 Å². The van der Waals surface area contributed by atoms with E-state index in [1.54, 1.807) is 6.07 Å². The van der Waals surface area contributed by atoms with Crippen LogP contribution in [0.2, 0.25) is 0 Å². The molecule has 5 rings (SSSR count). The van der Waals surface area contributed by atoms with Gasteiger partial charge in [-0.3, -0.25) is 9.69 Å². The third kappa shape index (κ3) is 4.03. The number of ether oxygens (including phenoxy) is 1. The second-order valence-corrected chi connectivity index (χ2v) is 8.64. The minimum atomic E-state index is -0.637. The number of carbonyl (C=O) groups excluding carboxylic acids is 1. The van der Waals surface area contributed by atoms with Crippen LogP contribution in [0.15, 0.2) is 36.7 Å². The zero-order valence-electron chi connectivity index (χ0n) is 16.9. The standard InChI is InChI=1S/C22H27N5O3/c28-17(10-27-9-15-3-1-2-4-18(15)22(13-27)5-6-22)8-23-21(29)19-7-20(25-14-24-19)26-16-11-30-12-16/h1-4,7,14,16-17,28H,5-6,8-13H2,(H,23,29)(H,24,25,26)/t17-/m0/s1. The van der Waals surface area contributed by atoms with Gasteiger partial charge < -0.3 is 20.5 Å². The van der Waals surface area contributed by atoms with Crippen molar-refractivity contribution in [3.05, 3.63) is 53.5 Å². The number of benzene rings is 1. The van der Waals surface area contributed by atoms with Crippen molar-refractivity contribution in [3.8, 4) is 0 Å². The number of carbonyl (C=O) groups is 1. The van der Waals surface area contributed by atoms with Gasteiger partial charge in [0.1, 0.15) is 17.8 Å². The van der Waals surface area contributed by atoms with Gasteiger partial charge in [0.2, 0.25) is 0 Å². The number of aromatic nitrogens is 2. The lowest BCUT2D eigenvalue weighted by molar-refractivity contribution is 0.0209. The molecule has 3 N–H and O–H groups in total. The van der Waals surface area contributed by atoms with Gasteiger partial charge in [-0.1, -0.05) is 24.3 Å². The zero-order valence-corrected chi connectivity index (χ0v) is 16.9. The highest BCUT2D eigenvalue weighted by molar-refractivity contribution is 5.92. The minimum Gasteiger partial charge on any atom is -0.390 e. The summed E-state index contributed by atoms with van der Waals surface area (Å²) in [5, 5.41) is 16.5. The number of aliphatic hydroxyl groups is 1. The van der Waals surface area contributed by atoms with E-state index in [1.165, 1.54) is 30.3 Å². The fraction of sp³-hybridized carbons (Fsp3) is 0.500. The van der Waals surface area contributed by atoms with Crippen molar-refractivity contribution >= 4 is 11.7 Å². The first kappa shape index (κ1) is 19.4. The van der Waals surface area contributed by atoms with Crippen LogP contribution in [0, 0.1) is 0 Å². The summed E-state index contributed by atoms with van der Waals surface area (Å²) < 4.78 is 5.13. The number of fused-ring (bicyclic) bond motifs is 2. The molecule has 2 aromatic rings. The molecule has 0 bridgehead atoms. The Hall–Kier alpha value is -2.55. The monoisotopic (exact) mass is 409 g/mol. The van der Waals surface area contributed by atoms with Crippen LogP contribution in [0.25, 0.3) is 0 Å². The molecule has 3 aliphatic rings. The Labute approximate surface area is 175 Å². The maximum atomic E-state index is 12.5. The maximum Gasteiger partial charge on any atom is 0.270 e. The Kier molecular flexibility index (Phi) is 5.14. The van der Waals surface area contributed by atoms with Gasteiger partial charge in [0, 0.05) is 37.7 Å². The molecule has 30 heavy (non-hydrogen) atoms. The molecule has 2 fully saturated rings. The molecular weight excluding hydrogens is 382 g/mol. The van der Waals surface area contributed by atoms with Crippen molar-refractivity contribution in [1.29, 1.82) is 0 Å². The molecule has 1 aliphatic carbocycles. The third-order valence-electron chi connectivity index (χ3n) is 6.22. The number of nitrogens with one attached hydrogen (secondary N) is 2. The molecule has 1 saturated heterocycles. The first-order valence-electron chi connectivity index (χ1n) is 10.5. The average molecular weight is 409 g/mol. The molecule has 2 aliphatic heterocycles. The Bertz CT molecular complexity index is 928. The van der Waals surface area contributed by atoms with Crippen LogP contribution in [0.1, 0.15) is 34.5 Å². The van der Waals surface area contributed by atoms with E-state index in [1.807, 2.05) is 0 Å². The maximum absolute atomic E-state index is 12.5. The van der Waals surface area contributed by atoms with Crippen LogP contribution < -0.4 is 10.6 Å². The summed E-state index contributed by atoms with van der Waals surface area (Å²) in [4.78, 5) is 23.0. The molecule has 0 unspecified atom stereocenters. The summed E-state index contributed by atoms with van der Waals surface area (Å²) in [6, 6.07) is 10.5. The Morgan fingerprint density at radius 3 is 2.90 bits per heavy atom. The summed E-state index contributed by atoms with van der Waals surface area (Å²) in [6.45, 7) is 3.82. The second kappa shape index (κ2) is 7.94. The second-order valence-electron chi connectivity index (χ2n) is 8.64. The third-order valence-corrected chi connectivity index (χ3v) is 6.22. The van der Waals surface area contributed by atoms with Gasteiger partial charge in [-0.05, 0) is 24.0 Å². The molecule has 1 saturated carbocycles. The summed E-state index contributed by atoms with van der Waals surface area (Å²) in [5.74, 6) is 0.290. The normalized spacial score (nSPS) is 20.8. The molecule has 1 amide bonds. The van der Waals surface area contributed by atoms with Crippen molar-refractivity contribution < 1.29 is 14.6 Å². The summed E-state index contributed by atoms with van der Waals surface area (Å²) >= 11 is 0. The quantitative estimate of drug-likeness (QED) is 0.625. The molecule has 8 heteroatoms. The molecule has 0 radical (unpaired) electrons. The summed E-state index contributed by atoms with van der Waals surface area (Å²) in [6.07, 6.45) is 3.16. The van der Waals surface area contributed by atoms with E-state index >= 15 is 0 Å². The average Bonchev–Trinajstić information content (AvgIpc) is 3.49. The number of aliphatic hydroxyl groups excluding tert-OH is 1. The van der Waals surface area contributed by atoms with E-state index in [0.29, 0.717) is 25.6 Å². The van der Waals surface area contributed by atoms with Gasteiger partial charge in [0.15, 0.2) is 0 Å². The SMILES string of the molecule is O=C(NC[C@H](O)CN1Cc2ccccc2C2(CC2)C1)c1cc(NC2COC2)ncn1. The number of rotatable bonds is 7.